The van der Waals surface area contributed by atoms with Crippen molar-refractivity contribution in [3.8, 4) is 10.6 Å². The highest BCUT2D eigenvalue weighted by Crippen LogP contribution is 2.28. The first-order chi connectivity index (χ1) is 12.1. The summed E-state index contributed by atoms with van der Waals surface area (Å²) in [6.07, 6.45) is 0. The zero-order valence-corrected chi connectivity index (χ0v) is 16.7. The van der Waals surface area contributed by atoms with Crippen LogP contribution < -0.4 is 5.32 Å². The maximum atomic E-state index is 12.0. The Labute approximate surface area is 160 Å². The summed E-state index contributed by atoms with van der Waals surface area (Å²) in [6.45, 7) is 4.67. The van der Waals surface area contributed by atoms with Crippen molar-refractivity contribution in [2.24, 2.45) is 0 Å². The summed E-state index contributed by atoms with van der Waals surface area (Å²) in [5.41, 5.74) is 3.54. The number of thiophene rings is 1. The molecule has 25 heavy (non-hydrogen) atoms. The molecule has 0 radical (unpaired) electrons. The third kappa shape index (κ3) is 5.42. The summed E-state index contributed by atoms with van der Waals surface area (Å²) in [7, 11) is 0. The Morgan fingerprint density at radius 3 is 2.68 bits per heavy atom. The predicted molar refractivity (Wildman–Crippen MR) is 109 cm³/mol. The minimum Gasteiger partial charge on any atom is -0.350 e. The third-order valence-corrected chi connectivity index (χ3v) is 6.50. The van der Waals surface area contributed by atoms with Crippen molar-refractivity contribution in [2.45, 2.75) is 26.1 Å². The van der Waals surface area contributed by atoms with Crippen LogP contribution in [-0.2, 0) is 17.1 Å². The number of benzene rings is 1. The van der Waals surface area contributed by atoms with E-state index in [4.69, 9.17) is 0 Å². The van der Waals surface area contributed by atoms with Crippen LogP contribution >= 0.6 is 34.4 Å². The van der Waals surface area contributed by atoms with Gasteiger partial charge in [0.25, 0.3) is 0 Å². The molecule has 1 amide bonds. The van der Waals surface area contributed by atoms with Crippen LogP contribution in [0.3, 0.4) is 0 Å². The first-order valence-electron chi connectivity index (χ1n) is 8.01. The monoisotopic (exact) mass is 388 g/mol. The van der Waals surface area contributed by atoms with Gasteiger partial charge < -0.3 is 5.32 Å². The van der Waals surface area contributed by atoms with E-state index >= 15 is 0 Å². The van der Waals surface area contributed by atoms with Crippen LogP contribution in [0.25, 0.3) is 10.6 Å². The Hall–Kier alpha value is -1.63. The van der Waals surface area contributed by atoms with Crippen LogP contribution in [0, 0.1) is 13.8 Å². The number of thiazole rings is 1. The second-order valence-electron chi connectivity index (χ2n) is 5.77. The lowest BCUT2D eigenvalue weighted by molar-refractivity contribution is -0.118. The molecular weight excluding hydrogens is 368 g/mol. The molecular formula is C19H20N2OS3. The van der Waals surface area contributed by atoms with Gasteiger partial charge in [-0.25, -0.2) is 4.98 Å². The van der Waals surface area contributed by atoms with Gasteiger partial charge in [-0.2, -0.15) is 0 Å². The Balaban J connectivity index is 1.41. The number of amides is 1. The van der Waals surface area contributed by atoms with Gasteiger partial charge in [-0.3, -0.25) is 4.79 Å². The van der Waals surface area contributed by atoms with Crippen molar-refractivity contribution in [1.29, 1.82) is 0 Å². The average Bonchev–Trinajstić information content (AvgIpc) is 3.23. The number of aromatic nitrogens is 1. The van der Waals surface area contributed by atoms with Crippen LogP contribution in [0.15, 0.2) is 41.8 Å². The summed E-state index contributed by atoms with van der Waals surface area (Å²) in [5, 5.41) is 6.14. The third-order valence-electron chi connectivity index (χ3n) is 3.62. The van der Waals surface area contributed by atoms with Gasteiger partial charge in [0, 0.05) is 16.0 Å². The molecule has 6 heteroatoms. The van der Waals surface area contributed by atoms with E-state index in [0.29, 0.717) is 12.3 Å². The number of nitrogens with one attached hydrogen (secondary N) is 1. The maximum absolute atomic E-state index is 12.0. The number of thioether (sulfide) groups is 1. The van der Waals surface area contributed by atoms with Gasteiger partial charge in [0.15, 0.2) is 0 Å². The molecule has 1 aromatic carbocycles. The topological polar surface area (TPSA) is 42.0 Å². The van der Waals surface area contributed by atoms with Crippen molar-refractivity contribution in [3.63, 3.8) is 0 Å². The highest BCUT2D eigenvalue weighted by atomic mass is 32.2. The number of carbonyl (C=O) groups is 1. The number of aryl methyl sites for hydroxylation is 2. The first-order valence-corrected chi connectivity index (χ1v) is 10.9. The summed E-state index contributed by atoms with van der Waals surface area (Å²) < 4.78 is 0. The minimum absolute atomic E-state index is 0.0802. The van der Waals surface area contributed by atoms with E-state index in [1.807, 2.05) is 6.92 Å². The van der Waals surface area contributed by atoms with Crippen molar-refractivity contribution in [3.05, 3.63) is 62.8 Å². The van der Waals surface area contributed by atoms with Gasteiger partial charge >= 0.3 is 0 Å². The molecule has 3 nitrogen and oxygen atoms in total. The van der Waals surface area contributed by atoms with E-state index < -0.39 is 0 Å². The smallest absolute Gasteiger partial charge is 0.230 e. The van der Waals surface area contributed by atoms with Crippen molar-refractivity contribution >= 4 is 40.3 Å². The zero-order valence-electron chi connectivity index (χ0n) is 14.2. The molecule has 0 fully saturated rings. The Kier molecular flexibility index (Phi) is 6.29. The van der Waals surface area contributed by atoms with Crippen molar-refractivity contribution in [1.82, 2.24) is 10.3 Å². The fraction of sp³-hybridized carbons (Fsp3) is 0.263. The van der Waals surface area contributed by atoms with Gasteiger partial charge in [0.05, 0.1) is 27.9 Å². The lowest BCUT2D eigenvalue weighted by atomic mass is 10.2. The summed E-state index contributed by atoms with van der Waals surface area (Å²) in [5.74, 6) is 1.42. The molecule has 0 saturated heterocycles. The van der Waals surface area contributed by atoms with Crippen LogP contribution in [-0.4, -0.2) is 16.6 Å². The quantitative estimate of drug-likeness (QED) is 0.617. The van der Waals surface area contributed by atoms with Gasteiger partial charge in [-0.05, 0) is 31.5 Å². The van der Waals surface area contributed by atoms with E-state index in [0.717, 1.165) is 26.2 Å². The summed E-state index contributed by atoms with van der Waals surface area (Å²) in [4.78, 5) is 18.8. The van der Waals surface area contributed by atoms with Crippen LogP contribution in [0.1, 0.15) is 21.0 Å². The minimum atomic E-state index is 0.0802. The molecule has 2 aromatic heterocycles. The number of hydrogen-bond donors (Lipinski definition) is 1. The molecule has 0 aliphatic carbocycles. The van der Waals surface area contributed by atoms with E-state index in [1.54, 1.807) is 34.4 Å². The van der Waals surface area contributed by atoms with Crippen molar-refractivity contribution < 1.29 is 4.79 Å². The molecule has 0 bridgehead atoms. The standard InChI is InChI=1S/C19H20N2OS3/c1-13-3-5-15(6-4-13)10-23-12-19(22)20-9-16-7-8-18(25-16)17-11-24-14(2)21-17/h3-8,11H,9-10,12H2,1-2H3,(H,20,22). The average molecular weight is 389 g/mol. The second kappa shape index (κ2) is 8.65. The number of rotatable bonds is 7. The molecule has 0 saturated carbocycles. The summed E-state index contributed by atoms with van der Waals surface area (Å²) in [6, 6.07) is 12.6. The molecule has 0 spiro atoms. The lowest BCUT2D eigenvalue weighted by Gasteiger charge is -2.04. The van der Waals surface area contributed by atoms with Crippen LogP contribution in [0.4, 0.5) is 0 Å². The lowest BCUT2D eigenvalue weighted by Crippen LogP contribution is -2.24. The maximum Gasteiger partial charge on any atom is 0.230 e. The Morgan fingerprint density at radius 1 is 1.16 bits per heavy atom. The molecule has 130 valence electrons. The van der Waals surface area contributed by atoms with Gasteiger partial charge in [0.1, 0.15) is 0 Å². The van der Waals surface area contributed by atoms with E-state index in [1.165, 1.54) is 11.1 Å². The molecule has 0 aliphatic heterocycles. The molecule has 3 rings (SSSR count). The largest absolute Gasteiger partial charge is 0.350 e. The number of nitrogens with zero attached hydrogens (tertiary/aromatic N) is 1. The van der Waals surface area contributed by atoms with E-state index in [-0.39, 0.29) is 5.91 Å². The highest BCUT2D eigenvalue weighted by Gasteiger charge is 2.07. The first kappa shape index (κ1) is 18.2. The Bertz CT molecular complexity index is 836. The normalized spacial score (nSPS) is 10.8. The fourth-order valence-corrected chi connectivity index (χ4v) is 4.68. The van der Waals surface area contributed by atoms with Gasteiger partial charge in [-0.1, -0.05) is 29.8 Å². The SMILES string of the molecule is Cc1ccc(CSCC(=O)NCc2ccc(-c3csc(C)n3)s2)cc1. The van der Waals surface area contributed by atoms with Gasteiger partial charge in [-0.15, -0.1) is 34.4 Å². The van der Waals surface area contributed by atoms with E-state index in [9.17, 15) is 4.79 Å². The molecule has 0 unspecified atom stereocenters. The van der Waals surface area contributed by atoms with E-state index in [2.05, 4.69) is 59.0 Å². The number of carbonyl (C=O) groups excluding carboxylic acids is 1. The zero-order chi connectivity index (χ0) is 17.6. The van der Waals surface area contributed by atoms with Crippen LogP contribution in [0.5, 0.6) is 0 Å². The van der Waals surface area contributed by atoms with Gasteiger partial charge in [0.2, 0.25) is 5.91 Å². The second-order valence-corrected chi connectivity index (χ2v) is 8.99. The molecule has 2 heterocycles. The molecule has 0 aliphatic rings. The molecule has 3 aromatic rings. The molecule has 0 atom stereocenters. The fourth-order valence-electron chi connectivity index (χ4n) is 2.27. The van der Waals surface area contributed by atoms with Crippen molar-refractivity contribution in [2.75, 3.05) is 5.75 Å². The summed E-state index contributed by atoms with van der Waals surface area (Å²) >= 11 is 4.99. The van der Waals surface area contributed by atoms with Crippen LogP contribution in [0.2, 0.25) is 0 Å². The predicted octanol–water partition coefficient (Wildman–Crippen LogP) is 5.04. The molecule has 1 N–H and O–H groups in total. The Morgan fingerprint density at radius 2 is 1.96 bits per heavy atom. The highest BCUT2D eigenvalue weighted by molar-refractivity contribution is 7.99. The number of hydrogen-bond acceptors (Lipinski definition) is 5.